The van der Waals surface area contributed by atoms with Crippen molar-refractivity contribution in [2.24, 2.45) is 0 Å². The summed E-state index contributed by atoms with van der Waals surface area (Å²) in [5.41, 5.74) is 3.05. The molecule has 23 heavy (non-hydrogen) atoms. The Hall–Kier alpha value is 0.167. The minimum atomic E-state index is -1.23. The van der Waals surface area contributed by atoms with Gasteiger partial charge in [0.05, 0.1) is 8.07 Å². The third-order valence-corrected chi connectivity index (χ3v) is 11.4. The number of hydrogen-bond donors (Lipinski definition) is 0. The molecule has 0 fully saturated rings. The zero-order valence-corrected chi connectivity index (χ0v) is 19.5. The standard InChI is InChI=1S/C21H39ISi/c1-7-10-12-14-16-19(9-3)18-20(17-15-13-11-8-2)21(22)23(4,5)6/h9,18H,3,7-8,10-17H2,1-2,4-6H3/b19-18+,21-20-. The predicted molar refractivity (Wildman–Crippen MR) is 120 cm³/mol. The summed E-state index contributed by atoms with van der Waals surface area (Å²) in [5, 5.41) is 0. The van der Waals surface area contributed by atoms with E-state index < -0.39 is 8.07 Å². The van der Waals surface area contributed by atoms with Gasteiger partial charge < -0.3 is 0 Å². The van der Waals surface area contributed by atoms with Gasteiger partial charge >= 0.3 is 0 Å². The molecule has 0 aliphatic heterocycles. The highest BCUT2D eigenvalue weighted by Gasteiger charge is 2.20. The summed E-state index contributed by atoms with van der Waals surface area (Å²) >= 11 is 2.63. The van der Waals surface area contributed by atoms with E-state index >= 15 is 0 Å². The Morgan fingerprint density at radius 2 is 1.39 bits per heavy atom. The molecular formula is C21H39ISi. The second-order valence-electron chi connectivity index (χ2n) is 7.63. The minimum Gasteiger partial charge on any atom is -0.0988 e. The molecule has 0 bridgehead atoms. The van der Waals surface area contributed by atoms with Gasteiger partial charge in [0, 0.05) is 0 Å². The number of rotatable bonds is 13. The summed E-state index contributed by atoms with van der Waals surface area (Å²) in [6.45, 7) is 16.0. The monoisotopic (exact) mass is 446 g/mol. The average molecular weight is 447 g/mol. The maximum atomic E-state index is 4.06. The van der Waals surface area contributed by atoms with Crippen molar-refractivity contribution < 1.29 is 0 Å². The normalized spacial score (nSPS) is 13.9. The summed E-state index contributed by atoms with van der Waals surface area (Å²) in [6.07, 6.45) is 17.7. The summed E-state index contributed by atoms with van der Waals surface area (Å²) in [4.78, 5) is 0. The van der Waals surface area contributed by atoms with Crippen molar-refractivity contribution >= 4 is 30.7 Å². The molecule has 0 rings (SSSR count). The molecule has 0 saturated heterocycles. The fourth-order valence-electron chi connectivity index (χ4n) is 2.68. The van der Waals surface area contributed by atoms with Crippen LogP contribution in [0, 0.1) is 0 Å². The topological polar surface area (TPSA) is 0 Å². The highest BCUT2D eigenvalue weighted by molar-refractivity contribution is 14.1. The van der Waals surface area contributed by atoms with Gasteiger partial charge in [-0.1, -0.05) is 113 Å². The second-order valence-corrected chi connectivity index (χ2v) is 14.7. The van der Waals surface area contributed by atoms with Crippen LogP contribution in [0.4, 0.5) is 0 Å². The molecule has 0 aromatic rings. The fourth-order valence-corrected chi connectivity index (χ4v) is 4.27. The van der Waals surface area contributed by atoms with Gasteiger partial charge in [0.15, 0.2) is 0 Å². The highest BCUT2D eigenvalue weighted by atomic mass is 127. The smallest absolute Gasteiger partial charge is 0.0858 e. The molecule has 0 nitrogen and oxygen atoms in total. The van der Waals surface area contributed by atoms with E-state index in [-0.39, 0.29) is 0 Å². The lowest BCUT2D eigenvalue weighted by Gasteiger charge is -2.20. The average Bonchev–Trinajstić information content (AvgIpc) is 2.51. The fraction of sp³-hybridized carbons (Fsp3) is 0.714. The van der Waals surface area contributed by atoms with Crippen molar-refractivity contribution in [3.05, 3.63) is 33.1 Å². The molecule has 2 heteroatoms. The molecular weight excluding hydrogens is 407 g/mol. The largest absolute Gasteiger partial charge is 0.0988 e. The number of unbranched alkanes of at least 4 members (excludes halogenated alkanes) is 6. The van der Waals surface area contributed by atoms with Crippen LogP contribution in [0.2, 0.25) is 19.6 Å². The van der Waals surface area contributed by atoms with Gasteiger partial charge in [0.2, 0.25) is 0 Å². The molecule has 0 heterocycles. The van der Waals surface area contributed by atoms with Crippen molar-refractivity contribution in [2.75, 3.05) is 0 Å². The molecule has 0 spiro atoms. The third kappa shape index (κ3) is 11.4. The maximum Gasteiger partial charge on any atom is 0.0858 e. The SMILES string of the molecule is C=C/C(=C\C(CCCCCC)=C(\I)[Si](C)(C)C)CCCCCC. The van der Waals surface area contributed by atoms with E-state index in [9.17, 15) is 0 Å². The first-order valence-electron chi connectivity index (χ1n) is 9.58. The third-order valence-electron chi connectivity index (χ3n) is 4.18. The van der Waals surface area contributed by atoms with Crippen LogP contribution in [0.1, 0.15) is 78.1 Å². The molecule has 0 N–H and O–H groups in total. The zero-order valence-electron chi connectivity index (χ0n) is 16.3. The van der Waals surface area contributed by atoms with Gasteiger partial charge in [-0.25, -0.2) is 0 Å². The Labute approximate surface area is 161 Å². The molecule has 134 valence electrons. The Morgan fingerprint density at radius 3 is 1.83 bits per heavy atom. The molecule has 0 atom stereocenters. The molecule has 0 aromatic heterocycles. The maximum absolute atomic E-state index is 4.06. The van der Waals surface area contributed by atoms with Crippen LogP contribution < -0.4 is 0 Å². The van der Waals surface area contributed by atoms with Gasteiger partial charge in [-0.3, -0.25) is 0 Å². The van der Waals surface area contributed by atoms with E-state index in [0.29, 0.717) is 0 Å². The van der Waals surface area contributed by atoms with Crippen LogP contribution in [0.15, 0.2) is 33.1 Å². The van der Waals surface area contributed by atoms with Crippen LogP contribution in [-0.2, 0) is 0 Å². The lowest BCUT2D eigenvalue weighted by molar-refractivity contribution is 0.663. The molecule has 0 aliphatic carbocycles. The van der Waals surface area contributed by atoms with Gasteiger partial charge in [-0.15, -0.1) is 0 Å². The van der Waals surface area contributed by atoms with E-state index in [1.54, 1.807) is 8.78 Å². The van der Waals surface area contributed by atoms with E-state index in [1.807, 2.05) is 0 Å². The molecule has 0 radical (unpaired) electrons. The lowest BCUT2D eigenvalue weighted by atomic mass is 10.0. The summed E-state index contributed by atoms with van der Waals surface area (Å²) < 4.78 is 1.65. The molecule has 0 saturated carbocycles. The Morgan fingerprint density at radius 1 is 0.870 bits per heavy atom. The van der Waals surface area contributed by atoms with Gasteiger partial charge in [0.25, 0.3) is 0 Å². The molecule has 0 amide bonds. The van der Waals surface area contributed by atoms with Gasteiger partial charge in [0.1, 0.15) is 0 Å². The zero-order chi connectivity index (χ0) is 17.7. The molecule has 0 aromatic carbocycles. The van der Waals surface area contributed by atoms with Crippen LogP contribution in [0.3, 0.4) is 0 Å². The highest BCUT2D eigenvalue weighted by Crippen LogP contribution is 2.30. The first kappa shape index (κ1) is 23.2. The number of hydrogen-bond acceptors (Lipinski definition) is 0. The van der Waals surface area contributed by atoms with Gasteiger partial charge in [-0.2, -0.15) is 0 Å². The summed E-state index contributed by atoms with van der Waals surface area (Å²) in [5.74, 6) is 0. The quantitative estimate of drug-likeness (QED) is 0.115. The summed E-state index contributed by atoms with van der Waals surface area (Å²) in [7, 11) is -1.23. The van der Waals surface area contributed by atoms with Gasteiger partial charge in [-0.05, 0) is 40.0 Å². The first-order chi connectivity index (χ1) is 10.9. The minimum absolute atomic E-state index is 1.19. The van der Waals surface area contributed by atoms with Crippen LogP contribution >= 0.6 is 22.6 Å². The number of allylic oxidation sites excluding steroid dienone is 4. The van der Waals surface area contributed by atoms with Crippen LogP contribution in [-0.4, -0.2) is 8.07 Å². The molecule has 0 unspecified atom stereocenters. The second kappa shape index (κ2) is 13.5. The van der Waals surface area contributed by atoms with Crippen LogP contribution in [0.5, 0.6) is 0 Å². The first-order valence-corrected chi connectivity index (χ1v) is 14.2. The van der Waals surface area contributed by atoms with E-state index in [0.717, 1.165) is 0 Å². The summed E-state index contributed by atoms with van der Waals surface area (Å²) in [6, 6.07) is 0. The van der Waals surface area contributed by atoms with Crippen molar-refractivity contribution in [1.29, 1.82) is 0 Å². The van der Waals surface area contributed by atoms with E-state index in [2.05, 4.69) is 74.8 Å². The molecule has 0 aliphatic rings. The lowest BCUT2D eigenvalue weighted by Crippen LogP contribution is -2.21. The van der Waals surface area contributed by atoms with Crippen molar-refractivity contribution in [1.82, 2.24) is 0 Å². The Kier molecular flexibility index (Phi) is 13.6. The predicted octanol–water partition coefficient (Wildman–Crippen LogP) is 8.61. The Bertz CT molecular complexity index is 385. The van der Waals surface area contributed by atoms with Crippen molar-refractivity contribution in [3.63, 3.8) is 0 Å². The van der Waals surface area contributed by atoms with Crippen molar-refractivity contribution in [3.8, 4) is 0 Å². The van der Waals surface area contributed by atoms with Crippen molar-refractivity contribution in [2.45, 2.75) is 97.7 Å². The van der Waals surface area contributed by atoms with E-state index in [4.69, 9.17) is 0 Å². The Balaban J connectivity index is 5.01. The van der Waals surface area contributed by atoms with E-state index in [1.165, 1.54) is 69.8 Å². The number of halogens is 1. The van der Waals surface area contributed by atoms with Crippen LogP contribution in [0.25, 0.3) is 0 Å².